The molecule has 0 saturated carbocycles. The van der Waals surface area contributed by atoms with Crippen LogP contribution in [-0.4, -0.2) is 47.7 Å². The number of oxime groups is 1. The van der Waals surface area contributed by atoms with Crippen LogP contribution in [0.5, 0.6) is 0 Å². The first kappa shape index (κ1) is 17.7. The molecule has 24 heavy (non-hydrogen) atoms. The van der Waals surface area contributed by atoms with Gasteiger partial charge in [0.1, 0.15) is 0 Å². The standard InChI is InChI=1S/C17H23N5O2/c1-4-19-22(18-3)16-8-6-5-7-15(16)17(23)21-12-14(11-20-24)10-9-13(21)2/h4-8,11,13-14,24H,3,9-10,12H2,1-2H3/b19-4-,20-11+/t13-,14+/m1/s1. The van der Waals surface area contributed by atoms with Gasteiger partial charge in [0.2, 0.25) is 0 Å². The lowest BCUT2D eigenvalue weighted by atomic mass is 9.93. The number of likely N-dealkylation sites (tertiary alicyclic amines) is 1. The van der Waals surface area contributed by atoms with Crippen LogP contribution < -0.4 is 5.12 Å². The van der Waals surface area contributed by atoms with E-state index in [4.69, 9.17) is 5.21 Å². The Kier molecular flexibility index (Phi) is 6.06. The Morgan fingerprint density at radius 2 is 2.17 bits per heavy atom. The van der Waals surface area contributed by atoms with E-state index in [1.165, 1.54) is 11.3 Å². The summed E-state index contributed by atoms with van der Waals surface area (Å²) in [5.74, 6) is -0.0290. The molecule has 0 radical (unpaired) electrons. The fourth-order valence-corrected chi connectivity index (χ4v) is 2.90. The molecule has 0 bridgehead atoms. The van der Waals surface area contributed by atoms with Crippen molar-refractivity contribution in [3.8, 4) is 0 Å². The summed E-state index contributed by atoms with van der Waals surface area (Å²) in [7, 11) is 0. The van der Waals surface area contributed by atoms with Crippen LogP contribution in [0.4, 0.5) is 5.69 Å². The maximum atomic E-state index is 13.1. The minimum atomic E-state index is -0.0888. The van der Waals surface area contributed by atoms with Crippen LogP contribution in [0.15, 0.2) is 39.6 Å². The number of piperidine rings is 1. The predicted molar refractivity (Wildman–Crippen MR) is 96.1 cm³/mol. The summed E-state index contributed by atoms with van der Waals surface area (Å²) >= 11 is 0. The van der Waals surface area contributed by atoms with Gasteiger partial charge in [0.05, 0.1) is 11.3 Å². The van der Waals surface area contributed by atoms with Gasteiger partial charge >= 0.3 is 0 Å². The van der Waals surface area contributed by atoms with Crippen molar-refractivity contribution in [3.05, 3.63) is 29.8 Å². The average Bonchev–Trinajstić information content (AvgIpc) is 2.61. The number of anilines is 1. The Hall–Kier alpha value is -2.70. The van der Waals surface area contributed by atoms with Crippen LogP contribution in [0.3, 0.4) is 0 Å². The molecule has 1 amide bonds. The largest absolute Gasteiger partial charge is 0.411 e. The van der Waals surface area contributed by atoms with E-state index in [0.717, 1.165) is 12.8 Å². The molecular formula is C17H23N5O2. The number of carbonyl (C=O) groups is 1. The maximum absolute atomic E-state index is 13.1. The summed E-state index contributed by atoms with van der Waals surface area (Å²) < 4.78 is 0. The van der Waals surface area contributed by atoms with E-state index >= 15 is 0 Å². The number of amides is 1. The van der Waals surface area contributed by atoms with Gasteiger partial charge in [-0.15, -0.1) is 5.16 Å². The highest BCUT2D eigenvalue weighted by Gasteiger charge is 2.30. The van der Waals surface area contributed by atoms with Gasteiger partial charge in [-0.2, -0.15) is 15.3 Å². The second-order valence-corrected chi connectivity index (χ2v) is 5.73. The molecule has 1 aromatic rings. The van der Waals surface area contributed by atoms with Crippen molar-refractivity contribution in [2.75, 3.05) is 11.7 Å². The van der Waals surface area contributed by atoms with E-state index < -0.39 is 0 Å². The molecule has 1 N–H and O–H groups in total. The molecule has 128 valence electrons. The van der Waals surface area contributed by atoms with E-state index in [9.17, 15) is 4.79 Å². The lowest BCUT2D eigenvalue weighted by Crippen LogP contribution is -2.46. The third-order valence-electron chi connectivity index (χ3n) is 4.17. The summed E-state index contributed by atoms with van der Waals surface area (Å²) in [4.78, 5) is 14.9. The molecule has 1 aromatic carbocycles. The molecule has 7 heteroatoms. The number of hydrazone groups is 2. The quantitative estimate of drug-likeness (QED) is 0.512. The van der Waals surface area contributed by atoms with Gasteiger partial charge in [0.25, 0.3) is 5.91 Å². The van der Waals surface area contributed by atoms with Gasteiger partial charge in [-0.1, -0.05) is 12.1 Å². The first-order chi connectivity index (χ1) is 11.6. The summed E-state index contributed by atoms with van der Waals surface area (Å²) in [5.41, 5.74) is 1.10. The number of hydrogen-bond acceptors (Lipinski definition) is 6. The van der Waals surface area contributed by atoms with E-state index in [1.54, 1.807) is 25.3 Å². The monoisotopic (exact) mass is 329 g/mol. The molecule has 2 atom stereocenters. The number of carbonyl (C=O) groups excluding carboxylic acids is 1. The second-order valence-electron chi connectivity index (χ2n) is 5.73. The molecule has 1 fully saturated rings. The molecule has 0 aliphatic carbocycles. The zero-order valence-electron chi connectivity index (χ0n) is 14.0. The highest BCUT2D eigenvalue weighted by Crippen LogP contribution is 2.27. The lowest BCUT2D eigenvalue weighted by molar-refractivity contribution is 0.0605. The zero-order chi connectivity index (χ0) is 17.5. The number of nitrogens with zero attached hydrogens (tertiary/aromatic N) is 5. The summed E-state index contributed by atoms with van der Waals surface area (Å²) in [6.07, 6.45) is 4.85. The Balaban J connectivity index is 2.33. The fraction of sp³-hybridized carbons (Fsp3) is 0.412. The topological polar surface area (TPSA) is 80.9 Å². The number of para-hydroxylation sites is 1. The number of hydrogen-bond donors (Lipinski definition) is 1. The van der Waals surface area contributed by atoms with Crippen molar-refractivity contribution in [3.63, 3.8) is 0 Å². The van der Waals surface area contributed by atoms with Crippen LogP contribution in [0.1, 0.15) is 37.0 Å². The average molecular weight is 329 g/mol. The molecule has 1 aliphatic rings. The smallest absolute Gasteiger partial charge is 0.256 e. The highest BCUT2D eigenvalue weighted by molar-refractivity contribution is 6.00. The molecular weight excluding hydrogens is 306 g/mol. The third kappa shape index (κ3) is 3.79. The van der Waals surface area contributed by atoms with Crippen LogP contribution in [0.25, 0.3) is 0 Å². The molecule has 1 saturated heterocycles. The predicted octanol–water partition coefficient (Wildman–Crippen LogP) is 2.82. The number of rotatable bonds is 5. The van der Waals surface area contributed by atoms with Crippen LogP contribution >= 0.6 is 0 Å². The normalized spacial score (nSPS) is 21.3. The first-order valence-electron chi connectivity index (χ1n) is 7.95. The van der Waals surface area contributed by atoms with Gasteiger partial charge in [-0.3, -0.25) is 4.79 Å². The Bertz CT molecular complexity index is 644. The zero-order valence-corrected chi connectivity index (χ0v) is 14.0. The van der Waals surface area contributed by atoms with Crippen molar-refractivity contribution in [2.24, 2.45) is 21.3 Å². The van der Waals surface area contributed by atoms with Crippen molar-refractivity contribution in [2.45, 2.75) is 32.7 Å². The first-order valence-corrected chi connectivity index (χ1v) is 7.95. The van der Waals surface area contributed by atoms with E-state index in [1.807, 2.05) is 24.0 Å². The molecule has 1 aliphatic heterocycles. The van der Waals surface area contributed by atoms with Gasteiger partial charge in [0, 0.05) is 37.7 Å². The molecule has 0 spiro atoms. The Morgan fingerprint density at radius 3 is 2.83 bits per heavy atom. The van der Waals surface area contributed by atoms with Crippen molar-refractivity contribution in [1.29, 1.82) is 0 Å². The SMILES string of the molecule is C=NN(/N=C\C)c1ccccc1C(=O)N1C[C@H](/C=N/O)CC[C@H]1C. The number of benzene rings is 1. The second kappa shape index (κ2) is 8.24. The highest BCUT2D eigenvalue weighted by atomic mass is 16.4. The molecule has 0 unspecified atom stereocenters. The summed E-state index contributed by atoms with van der Waals surface area (Å²) in [6.45, 7) is 7.84. The van der Waals surface area contributed by atoms with Gasteiger partial charge < -0.3 is 10.1 Å². The lowest BCUT2D eigenvalue weighted by Gasteiger charge is -2.37. The maximum Gasteiger partial charge on any atom is 0.256 e. The van der Waals surface area contributed by atoms with Crippen LogP contribution in [0, 0.1) is 5.92 Å². The molecule has 2 rings (SSSR count). The van der Waals surface area contributed by atoms with Gasteiger partial charge in [-0.25, -0.2) is 0 Å². The minimum absolute atomic E-state index is 0.0598. The molecule has 7 nitrogen and oxygen atoms in total. The molecule has 0 aromatic heterocycles. The van der Waals surface area contributed by atoms with Crippen molar-refractivity contribution in [1.82, 2.24) is 4.90 Å². The third-order valence-corrected chi connectivity index (χ3v) is 4.17. The van der Waals surface area contributed by atoms with Crippen molar-refractivity contribution >= 4 is 30.7 Å². The fourth-order valence-electron chi connectivity index (χ4n) is 2.90. The Morgan fingerprint density at radius 1 is 1.42 bits per heavy atom. The van der Waals surface area contributed by atoms with Crippen LogP contribution in [-0.2, 0) is 0 Å². The Labute approximate surface area is 141 Å². The van der Waals surface area contributed by atoms with Gasteiger partial charge in [-0.05, 0) is 38.8 Å². The minimum Gasteiger partial charge on any atom is -0.411 e. The summed E-state index contributed by atoms with van der Waals surface area (Å²) in [6, 6.07) is 7.31. The summed E-state index contributed by atoms with van der Waals surface area (Å²) in [5, 5.41) is 21.2. The van der Waals surface area contributed by atoms with Crippen molar-refractivity contribution < 1.29 is 10.0 Å². The van der Waals surface area contributed by atoms with E-state index in [2.05, 4.69) is 22.1 Å². The molecule has 1 heterocycles. The van der Waals surface area contributed by atoms with Gasteiger partial charge in [0.15, 0.2) is 0 Å². The van der Waals surface area contributed by atoms with E-state index in [0.29, 0.717) is 17.8 Å². The van der Waals surface area contributed by atoms with Crippen LogP contribution in [0.2, 0.25) is 0 Å². The van der Waals surface area contributed by atoms with E-state index in [-0.39, 0.29) is 17.9 Å².